The third-order valence-corrected chi connectivity index (χ3v) is 6.71. The minimum Gasteiger partial charge on any atom is -0.457 e. The molecule has 2 atom stereocenters. The highest BCUT2D eigenvalue weighted by Crippen LogP contribution is 2.21. The molecular formula is C30H43N7O10S. The Kier molecular flexibility index (Phi) is 10.8. The van der Waals surface area contributed by atoms with Gasteiger partial charge in [0.2, 0.25) is 11.5 Å². The third-order valence-electron chi connectivity index (χ3n) is 5.96. The quantitative estimate of drug-likeness (QED) is 0.114. The number of nitrogens with one attached hydrogen (secondary N) is 3. The van der Waals surface area contributed by atoms with Crippen LogP contribution in [-0.2, 0) is 40.0 Å². The Balaban J connectivity index is 1.84. The topological polar surface area (TPSA) is 211 Å². The van der Waals surface area contributed by atoms with Gasteiger partial charge in [0, 0.05) is 24.3 Å². The highest BCUT2D eigenvalue weighted by atomic mass is 32.1. The smallest absolute Gasteiger partial charge is 0.422 e. The van der Waals surface area contributed by atoms with Gasteiger partial charge in [0.05, 0.1) is 6.04 Å². The number of aromatic nitrogens is 3. The maximum atomic E-state index is 13.6. The zero-order valence-corrected chi connectivity index (χ0v) is 29.7. The van der Waals surface area contributed by atoms with Crippen LogP contribution in [0.4, 0.5) is 14.7 Å². The molecule has 3 N–H and O–H groups in total. The molecule has 3 amide bonds. The fraction of sp³-hybridized carbons (Fsp3) is 0.600. The molecular weight excluding hydrogens is 650 g/mol. The first kappa shape index (κ1) is 37.7. The fourth-order valence-corrected chi connectivity index (χ4v) is 4.50. The number of nitrogens with zero attached hydrogens (tertiary/aromatic N) is 4. The summed E-state index contributed by atoms with van der Waals surface area (Å²) >= 11 is 0.960. The van der Waals surface area contributed by atoms with E-state index in [1.54, 1.807) is 62.3 Å². The zero-order chi connectivity index (χ0) is 36.4. The number of hydrogen-bond acceptors (Lipinski definition) is 13. The fourth-order valence-electron chi connectivity index (χ4n) is 3.82. The summed E-state index contributed by atoms with van der Waals surface area (Å²) in [6, 6.07) is -1.88. The average molecular weight is 694 g/mol. The van der Waals surface area contributed by atoms with E-state index in [2.05, 4.69) is 26.1 Å². The van der Waals surface area contributed by atoms with Gasteiger partial charge in [-0.15, -0.1) is 11.3 Å². The summed E-state index contributed by atoms with van der Waals surface area (Å²) < 4.78 is 17.9. The highest BCUT2D eigenvalue weighted by Gasteiger charge is 2.42. The first-order chi connectivity index (χ1) is 21.8. The van der Waals surface area contributed by atoms with Crippen molar-refractivity contribution in [2.75, 3.05) is 5.32 Å². The number of hydrogen-bond donors (Lipinski definition) is 3. The van der Waals surface area contributed by atoms with Crippen molar-refractivity contribution in [1.29, 1.82) is 0 Å². The first-order valence-corrected chi connectivity index (χ1v) is 15.8. The summed E-state index contributed by atoms with van der Waals surface area (Å²) in [5.41, 5.74) is -5.27. The maximum Gasteiger partial charge on any atom is 0.422 e. The van der Waals surface area contributed by atoms with E-state index in [0.717, 1.165) is 15.9 Å². The monoisotopic (exact) mass is 693 g/mol. The lowest BCUT2D eigenvalue weighted by Gasteiger charge is -2.37. The predicted molar refractivity (Wildman–Crippen MR) is 174 cm³/mol. The SMILES string of the molecule is CC(C)(C)OC(=O)Nc1nc(C(=NOC(C)(C)C(=O)OC(C)(C)C)C(=O)N[C@@H]2C(=O)N[C@@H]2Cn2ccn(C(=O)OC(C)(C)C)c2=O)cs1. The summed E-state index contributed by atoms with van der Waals surface area (Å²) in [7, 11) is 0. The van der Waals surface area contributed by atoms with Crippen molar-refractivity contribution >= 4 is 52.2 Å². The molecule has 1 aliphatic heterocycles. The number of carbonyl (C=O) groups excluding carboxylic acids is 5. The van der Waals surface area contributed by atoms with Gasteiger partial charge in [-0.05, 0) is 76.2 Å². The van der Waals surface area contributed by atoms with Gasteiger partial charge in [0.15, 0.2) is 10.8 Å². The number of esters is 1. The molecule has 3 rings (SSSR count). The predicted octanol–water partition coefficient (Wildman–Crippen LogP) is 2.76. The Bertz CT molecular complexity index is 1650. The lowest BCUT2D eigenvalue weighted by molar-refractivity contribution is -0.179. The number of anilines is 1. The summed E-state index contributed by atoms with van der Waals surface area (Å²) in [6.07, 6.45) is 0.944. The second kappa shape index (κ2) is 13.8. The Morgan fingerprint density at radius 2 is 1.52 bits per heavy atom. The van der Waals surface area contributed by atoms with Crippen LogP contribution in [0.1, 0.15) is 81.9 Å². The lowest BCUT2D eigenvalue weighted by atomic mass is 9.98. The van der Waals surface area contributed by atoms with E-state index in [4.69, 9.17) is 19.0 Å². The Morgan fingerprint density at radius 3 is 2.08 bits per heavy atom. The molecule has 1 aliphatic rings. The van der Waals surface area contributed by atoms with Crippen LogP contribution in [0.3, 0.4) is 0 Å². The molecule has 17 nitrogen and oxygen atoms in total. The molecule has 0 radical (unpaired) electrons. The summed E-state index contributed by atoms with van der Waals surface area (Å²) in [5.74, 6) is -2.22. The van der Waals surface area contributed by atoms with Crippen molar-refractivity contribution < 1.29 is 43.0 Å². The van der Waals surface area contributed by atoms with Crippen LogP contribution < -0.4 is 21.6 Å². The van der Waals surface area contributed by atoms with Crippen LogP contribution in [0.5, 0.6) is 0 Å². The number of carbonyl (C=O) groups is 5. The van der Waals surface area contributed by atoms with Gasteiger partial charge in [-0.25, -0.2) is 28.7 Å². The van der Waals surface area contributed by atoms with Gasteiger partial charge in [0.1, 0.15) is 28.5 Å². The average Bonchev–Trinajstić information content (AvgIpc) is 3.50. The molecule has 0 aliphatic carbocycles. The van der Waals surface area contributed by atoms with Crippen LogP contribution in [-0.4, -0.2) is 84.3 Å². The molecule has 0 unspecified atom stereocenters. The third kappa shape index (κ3) is 10.4. The van der Waals surface area contributed by atoms with Gasteiger partial charge in [-0.1, -0.05) is 5.16 Å². The molecule has 18 heteroatoms. The molecule has 2 aromatic rings. The van der Waals surface area contributed by atoms with Crippen LogP contribution in [0.15, 0.2) is 27.7 Å². The van der Waals surface area contributed by atoms with Crippen molar-refractivity contribution in [3.63, 3.8) is 0 Å². The van der Waals surface area contributed by atoms with E-state index >= 15 is 0 Å². The molecule has 1 saturated heterocycles. The molecule has 2 aromatic heterocycles. The van der Waals surface area contributed by atoms with Crippen LogP contribution >= 0.6 is 11.3 Å². The minimum atomic E-state index is -1.65. The van der Waals surface area contributed by atoms with Crippen molar-refractivity contribution in [2.24, 2.45) is 5.16 Å². The number of imidazole rings is 1. The first-order valence-electron chi connectivity index (χ1n) is 14.9. The van der Waals surface area contributed by atoms with Crippen LogP contribution in [0, 0.1) is 0 Å². The molecule has 0 aromatic carbocycles. The molecule has 0 spiro atoms. The molecule has 0 saturated carbocycles. The van der Waals surface area contributed by atoms with E-state index in [9.17, 15) is 28.8 Å². The second-order valence-electron chi connectivity index (χ2n) is 14.4. The second-order valence-corrected chi connectivity index (χ2v) is 15.2. The normalized spacial score (nSPS) is 17.1. The van der Waals surface area contributed by atoms with Gasteiger partial charge in [-0.3, -0.25) is 19.5 Å². The maximum absolute atomic E-state index is 13.6. The molecule has 3 heterocycles. The van der Waals surface area contributed by atoms with E-state index < -0.39 is 75.9 Å². The number of amides is 3. The Morgan fingerprint density at radius 1 is 0.917 bits per heavy atom. The highest BCUT2D eigenvalue weighted by molar-refractivity contribution is 7.14. The van der Waals surface area contributed by atoms with E-state index in [-0.39, 0.29) is 17.4 Å². The summed E-state index contributed by atoms with van der Waals surface area (Å²) in [4.78, 5) is 86.2. The van der Waals surface area contributed by atoms with Gasteiger partial charge < -0.3 is 29.7 Å². The molecule has 48 heavy (non-hydrogen) atoms. The summed E-state index contributed by atoms with van der Waals surface area (Å²) in [6.45, 7) is 17.8. The molecule has 1 fully saturated rings. The van der Waals surface area contributed by atoms with Crippen LogP contribution in [0.2, 0.25) is 0 Å². The summed E-state index contributed by atoms with van der Waals surface area (Å²) in [5, 5.41) is 13.1. The number of β-lactam (4-membered cyclic amide) rings is 1. The minimum absolute atomic E-state index is 0.0505. The Hall–Kier alpha value is -4.74. The number of oxime groups is 1. The lowest BCUT2D eigenvalue weighted by Crippen LogP contribution is -2.71. The van der Waals surface area contributed by atoms with Crippen LogP contribution in [0.25, 0.3) is 0 Å². The largest absolute Gasteiger partial charge is 0.457 e. The van der Waals surface area contributed by atoms with Crippen molar-refractivity contribution in [2.45, 2.75) is 117 Å². The van der Waals surface area contributed by atoms with Gasteiger partial charge >= 0.3 is 23.8 Å². The van der Waals surface area contributed by atoms with Crippen molar-refractivity contribution in [3.8, 4) is 0 Å². The number of thiazole rings is 1. The van der Waals surface area contributed by atoms with E-state index in [1.165, 1.54) is 36.2 Å². The zero-order valence-electron chi connectivity index (χ0n) is 28.9. The standard InChI is InChI=1S/C30H43N7O10S/c1-27(2,3)44-22(40)30(10,11)47-35-19(17-15-48-23(32-17)34-24(41)45-28(4,5)6)21(39)33-18-16(31-20(18)38)14-36-12-13-37(25(36)42)26(43)46-29(7,8)9/h12-13,15-16,18H,14H2,1-11H3,(H,31,38)(H,33,39)(H,32,34,41)/t16-,18+/m1/s1. The van der Waals surface area contributed by atoms with E-state index in [1.807, 2.05) is 0 Å². The van der Waals surface area contributed by atoms with Gasteiger partial charge in [0.25, 0.3) is 5.91 Å². The molecule has 0 bridgehead atoms. The van der Waals surface area contributed by atoms with Crippen molar-refractivity contribution in [3.05, 3.63) is 34.0 Å². The number of ether oxygens (including phenoxy) is 3. The van der Waals surface area contributed by atoms with Crippen molar-refractivity contribution in [1.82, 2.24) is 24.8 Å². The number of rotatable bonds is 9. The van der Waals surface area contributed by atoms with E-state index in [0.29, 0.717) is 0 Å². The Labute approximate surface area is 281 Å². The molecule has 264 valence electrons. The van der Waals surface area contributed by atoms with Gasteiger partial charge in [-0.2, -0.15) is 0 Å².